The number of hydrogen-bond donors (Lipinski definition) is 1. The quantitative estimate of drug-likeness (QED) is 0.463. The molecule has 3 aromatic rings. The van der Waals surface area contributed by atoms with Gasteiger partial charge in [-0.2, -0.15) is 0 Å². The summed E-state index contributed by atoms with van der Waals surface area (Å²) in [7, 11) is 4.62. The summed E-state index contributed by atoms with van der Waals surface area (Å²) in [6, 6.07) is 10.5. The molecule has 1 saturated heterocycles. The first-order chi connectivity index (χ1) is 19.3. The number of ketones is 1. The van der Waals surface area contributed by atoms with Crippen LogP contribution in [0.2, 0.25) is 0 Å². The van der Waals surface area contributed by atoms with Crippen LogP contribution >= 0.6 is 0 Å². The second-order valence-electron chi connectivity index (χ2n) is 10.7. The highest BCUT2D eigenvalue weighted by molar-refractivity contribution is 6.16. The van der Waals surface area contributed by atoms with E-state index in [1.807, 2.05) is 16.7 Å². The number of methoxy groups -OCH3 is 3. The van der Waals surface area contributed by atoms with Gasteiger partial charge in [-0.25, -0.2) is 0 Å². The molecule has 2 bridgehead atoms. The van der Waals surface area contributed by atoms with Crippen molar-refractivity contribution in [3.8, 4) is 28.7 Å². The summed E-state index contributed by atoms with van der Waals surface area (Å²) in [5, 5.41) is 11.0. The molecule has 0 spiro atoms. The maximum absolute atomic E-state index is 13.6. The number of likely N-dealkylation sites (tertiary alicyclic amines) is 1. The summed E-state index contributed by atoms with van der Waals surface area (Å²) in [5.74, 6) is 2.43. The first-order valence-electron chi connectivity index (χ1n) is 13.3. The smallest absolute Gasteiger partial charge is 0.250 e. The number of aromatic nitrogens is 1. The third-order valence-corrected chi connectivity index (χ3v) is 8.18. The molecule has 0 amide bonds. The standard InChI is InChI=1S/C31H32N2O7/c1-17-8-23(34)21(16-32-13-18-9-20(15-32)22-6-5-7-28(35)33(22)14-18)31-29(17)30(36)27(40-31)11-19-10-25(38-3)26(39-4)12-24(19)37-2/h5-8,10-12,18,20,34H,9,13-16H2,1-4H3/b27-11-/t18-,20+/m1/s1. The Balaban J connectivity index is 1.33. The van der Waals surface area contributed by atoms with Crippen LogP contribution in [0.5, 0.6) is 28.7 Å². The van der Waals surface area contributed by atoms with E-state index < -0.39 is 0 Å². The number of benzene rings is 2. The van der Waals surface area contributed by atoms with Crippen LogP contribution in [0.25, 0.3) is 6.08 Å². The lowest BCUT2D eigenvalue weighted by atomic mass is 9.83. The van der Waals surface area contributed by atoms with E-state index in [9.17, 15) is 14.7 Å². The van der Waals surface area contributed by atoms with Gasteiger partial charge in [0.2, 0.25) is 5.78 Å². The highest BCUT2D eigenvalue weighted by atomic mass is 16.5. The lowest BCUT2D eigenvalue weighted by molar-refractivity contribution is 0.101. The lowest BCUT2D eigenvalue weighted by Crippen LogP contribution is -2.46. The van der Waals surface area contributed by atoms with Crippen molar-refractivity contribution in [2.75, 3.05) is 34.4 Å². The van der Waals surface area contributed by atoms with Crippen molar-refractivity contribution in [2.45, 2.75) is 32.4 Å². The molecule has 6 rings (SSSR count). The Morgan fingerprint density at radius 3 is 2.50 bits per heavy atom. The molecule has 0 unspecified atom stereocenters. The Hall–Kier alpha value is -4.24. The maximum atomic E-state index is 13.6. The number of phenolic OH excluding ortho intramolecular Hbond substituents is 1. The van der Waals surface area contributed by atoms with Crippen LogP contribution in [0, 0.1) is 12.8 Å². The second-order valence-corrected chi connectivity index (χ2v) is 10.7. The van der Waals surface area contributed by atoms with Gasteiger partial charge >= 0.3 is 0 Å². The highest BCUT2D eigenvalue weighted by Gasteiger charge is 2.37. The lowest BCUT2D eigenvalue weighted by Gasteiger charge is -2.43. The maximum Gasteiger partial charge on any atom is 0.250 e. The molecule has 1 aromatic heterocycles. The van der Waals surface area contributed by atoms with E-state index in [1.165, 1.54) is 0 Å². The fourth-order valence-corrected chi connectivity index (χ4v) is 6.39. The van der Waals surface area contributed by atoms with Crippen molar-refractivity contribution in [2.24, 2.45) is 5.92 Å². The molecule has 9 heteroatoms. The SMILES string of the molecule is COc1cc(OC)c(OC)cc1/C=C1\Oc2c(CN3C[C@H]4C[C@@H](C3)c3cccc(=O)n3C4)c(O)cc(C)c2C1=O. The summed E-state index contributed by atoms with van der Waals surface area (Å²) >= 11 is 0. The van der Waals surface area contributed by atoms with Gasteiger partial charge < -0.3 is 28.6 Å². The first-order valence-corrected chi connectivity index (χ1v) is 13.3. The normalized spacial score (nSPS) is 20.6. The molecule has 3 aliphatic heterocycles. The van der Waals surface area contributed by atoms with Gasteiger partial charge in [-0.1, -0.05) is 6.07 Å². The third-order valence-electron chi connectivity index (χ3n) is 8.18. The number of phenols is 1. The minimum absolute atomic E-state index is 0.0481. The summed E-state index contributed by atoms with van der Waals surface area (Å²) in [6.45, 7) is 4.46. The number of piperidine rings is 1. The van der Waals surface area contributed by atoms with Crippen LogP contribution in [0.1, 0.15) is 45.1 Å². The highest BCUT2D eigenvalue weighted by Crippen LogP contribution is 2.45. The second kappa shape index (κ2) is 10.1. The molecule has 9 nitrogen and oxygen atoms in total. The Morgan fingerprint density at radius 1 is 1.00 bits per heavy atom. The monoisotopic (exact) mass is 544 g/mol. The number of carbonyl (C=O) groups is 1. The van der Waals surface area contributed by atoms with Crippen LogP contribution in [-0.2, 0) is 13.1 Å². The molecule has 208 valence electrons. The fourth-order valence-electron chi connectivity index (χ4n) is 6.39. The minimum Gasteiger partial charge on any atom is -0.507 e. The third kappa shape index (κ3) is 4.30. The van der Waals surface area contributed by atoms with Crippen LogP contribution in [0.15, 0.2) is 47.0 Å². The molecule has 3 aliphatic rings. The molecule has 1 N–H and O–H groups in total. The van der Waals surface area contributed by atoms with Gasteiger partial charge in [0.05, 0.1) is 32.5 Å². The Kier molecular flexibility index (Phi) is 6.54. The van der Waals surface area contributed by atoms with Gasteiger partial charge in [-0.3, -0.25) is 14.5 Å². The average Bonchev–Trinajstić information content (AvgIpc) is 3.27. The molecule has 0 aliphatic carbocycles. The molecular weight excluding hydrogens is 512 g/mol. The number of nitrogens with zero attached hydrogens (tertiary/aromatic N) is 2. The van der Waals surface area contributed by atoms with Gasteiger partial charge in [0.1, 0.15) is 17.2 Å². The summed E-state index contributed by atoms with van der Waals surface area (Å²) in [5.41, 5.74) is 3.39. The van der Waals surface area contributed by atoms with E-state index in [-0.39, 0.29) is 28.8 Å². The predicted octanol–water partition coefficient (Wildman–Crippen LogP) is 4.12. The van der Waals surface area contributed by atoms with Crippen LogP contribution in [-0.4, -0.2) is 54.8 Å². The van der Waals surface area contributed by atoms with E-state index in [2.05, 4.69) is 4.90 Å². The van der Waals surface area contributed by atoms with Gasteiger partial charge in [0.25, 0.3) is 5.56 Å². The fraction of sp³-hybridized carbons (Fsp3) is 0.355. The number of ether oxygens (including phenoxy) is 4. The number of hydrogen-bond acceptors (Lipinski definition) is 8. The largest absolute Gasteiger partial charge is 0.507 e. The Bertz CT molecular complexity index is 1610. The van der Waals surface area contributed by atoms with E-state index in [1.54, 1.807) is 58.6 Å². The zero-order chi connectivity index (χ0) is 28.1. The van der Waals surface area contributed by atoms with Gasteiger partial charge in [-0.05, 0) is 49.1 Å². The average molecular weight is 545 g/mol. The van der Waals surface area contributed by atoms with Gasteiger partial charge in [0, 0.05) is 55.5 Å². The number of pyridine rings is 1. The van der Waals surface area contributed by atoms with Crippen molar-refractivity contribution < 1.29 is 28.8 Å². The molecule has 2 atom stereocenters. The Labute approximate surface area is 232 Å². The van der Waals surface area contributed by atoms with Crippen molar-refractivity contribution in [1.82, 2.24) is 9.47 Å². The number of aryl methyl sites for hydroxylation is 1. The Morgan fingerprint density at radius 2 is 1.75 bits per heavy atom. The molecule has 40 heavy (non-hydrogen) atoms. The van der Waals surface area contributed by atoms with Crippen molar-refractivity contribution in [3.63, 3.8) is 0 Å². The minimum atomic E-state index is -0.255. The molecule has 2 aromatic carbocycles. The number of rotatable bonds is 6. The van der Waals surface area contributed by atoms with E-state index >= 15 is 0 Å². The topological polar surface area (TPSA) is 99.5 Å². The van der Waals surface area contributed by atoms with Crippen LogP contribution in [0.4, 0.5) is 0 Å². The van der Waals surface area contributed by atoms with Crippen LogP contribution < -0.4 is 24.5 Å². The predicted molar refractivity (Wildman–Crippen MR) is 149 cm³/mol. The number of aromatic hydroxyl groups is 1. The van der Waals surface area contributed by atoms with Gasteiger partial charge in [-0.15, -0.1) is 0 Å². The van der Waals surface area contributed by atoms with Crippen LogP contribution in [0.3, 0.4) is 0 Å². The molecule has 0 radical (unpaired) electrons. The van der Waals surface area contributed by atoms with E-state index in [0.717, 1.165) is 25.2 Å². The van der Waals surface area contributed by atoms with E-state index in [0.29, 0.717) is 64.3 Å². The molecular formula is C31H32N2O7. The zero-order valence-corrected chi connectivity index (χ0v) is 23.0. The zero-order valence-electron chi connectivity index (χ0n) is 23.0. The molecule has 0 saturated carbocycles. The van der Waals surface area contributed by atoms with Crippen molar-refractivity contribution >= 4 is 11.9 Å². The first kappa shape index (κ1) is 26.0. The number of fused-ring (bicyclic) bond motifs is 5. The molecule has 4 heterocycles. The summed E-state index contributed by atoms with van der Waals surface area (Å²) < 4.78 is 24.4. The van der Waals surface area contributed by atoms with Gasteiger partial charge in [0.15, 0.2) is 17.3 Å². The molecule has 1 fully saturated rings. The number of Topliss-reactive ketones (excluding diaryl/α,β-unsaturated/α-hetero) is 1. The van der Waals surface area contributed by atoms with E-state index in [4.69, 9.17) is 18.9 Å². The van der Waals surface area contributed by atoms with Crippen molar-refractivity contribution in [3.05, 3.63) is 80.5 Å². The summed E-state index contributed by atoms with van der Waals surface area (Å²) in [6.07, 6.45) is 2.66. The number of carbonyl (C=O) groups excluding carboxylic acids is 1. The van der Waals surface area contributed by atoms with Crippen molar-refractivity contribution in [1.29, 1.82) is 0 Å². The number of allylic oxidation sites excluding steroid dienone is 1. The summed E-state index contributed by atoms with van der Waals surface area (Å²) in [4.78, 5) is 28.3.